The third-order valence-corrected chi connectivity index (χ3v) is 7.04. The number of benzene rings is 1. The van der Waals surface area contributed by atoms with Crippen molar-refractivity contribution in [2.45, 2.75) is 65.1 Å². The van der Waals surface area contributed by atoms with Gasteiger partial charge in [-0.3, -0.25) is 14.3 Å². The van der Waals surface area contributed by atoms with Gasteiger partial charge in [0.2, 0.25) is 0 Å². The molecule has 1 aliphatic carbocycles. The van der Waals surface area contributed by atoms with Gasteiger partial charge in [0.1, 0.15) is 0 Å². The maximum Gasteiger partial charge on any atom is 0.433 e. The summed E-state index contributed by atoms with van der Waals surface area (Å²) < 4.78 is 43.6. The van der Waals surface area contributed by atoms with E-state index < -0.39 is 41.3 Å². The molecule has 1 aromatic carbocycles. The second-order valence-corrected chi connectivity index (χ2v) is 11.2. The van der Waals surface area contributed by atoms with Gasteiger partial charge in [-0.25, -0.2) is 0 Å². The summed E-state index contributed by atoms with van der Waals surface area (Å²) in [5.74, 6) is -2.30. The number of aliphatic carboxylic acids is 1. The molecule has 6 nitrogen and oxygen atoms in total. The fourth-order valence-corrected chi connectivity index (χ4v) is 5.25. The number of aromatic nitrogens is 2. The lowest BCUT2D eigenvalue weighted by Crippen LogP contribution is -2.40. The topological polar surface area (TPSA) is 75.4 Å². The molecule has 0 saturated heterocycles. The van der Waals surface area contributed by atoms with E-state index in [1.807, 2.05) is 20.8 Å². The van der Waals surface area contributed by atoms with E-state index >= 15 is 0 Å². The van der Waals surface area contributed by atoms with Gasteiger partial charge in [-0.1, -0.05) is 50.0 Å². The highest BCUT2D eigenvalue weighted by atomic mass is 35.5. The molecule has 1 N–H and O–H groups in total. The molecule has 0 radical (unpaired) electrons. The molecule has 1 amide bonds. The average molecular weight is 548 g/mol. The molecular formula is C25H30Cl2F3N3O3. The first kappa shape index (κ1) is 28.3. The molecule has 0 bridgehead atoms. The monoisotopic (exact) mass is 547 g/mol. The van der Waals surface area contributed by atoms with E-state index in [0.29, 0.717) is 15.6 Å². The fraction of sp³-hybridized carbons (Fsp3) is 0.560. The van der Waals surface area contributed by atoms with E-state index in [0.717, 1.165) is 10.9 Å². The Morgan fingerprint density at radius 1 is 1.11 bits per heavy atom. The van der Waals surface area contributed by atoms with Crippen LogP contribution in [0.1, 0.15) is 74.1 Å². The van der Waals surface area contributed by atoms with E-state index in [2.05, 4.69) is 5.10 Å². The number of halogens is 5. The third-order valence-electron chi connectivity index (χ3n) is 6.33. The Hall–Kier alpha value is -2.26. The number of carboxylic acids is 1. The molecule has 1 fully saturated rings. The zero-order valence-electron chi connectivity index (χ0n) is 20.4. The minimum Gasteiger partial charge on any atom is -0.481 e. The highest BCUT2D eigenvalue weighted by molar-refractivity contribution is 6.36. The molecule has 3 rings (SSSR count). The van der Waals surface area contributed by atoms with Crippen LogP contribution in [0.25, 0.3) is 0 Å². The number of alkyl halides is 3. The van der Waals surface area contributed by atoms with Gasteiger partial charge in [0.15, 0.2) is 5.69 Å². The van der Waals surface area contributed by atoms with E-state index in [9.17, 15) is 27.9 Å². The molecule has 36 heavy (non-hydrogen) atoms. The van der Waals surface area contributed by atoms with Crippen LogP contribution in [0.15, 0.2) is 24.4 Å². The lowest BCUT2D eigenvalue weighted by Gasteiger charge is -2.31. The summed E-state index contributed by atoms with van der Waals surface area (Å²) in [5.41, 5.74) is -1.38. The number of hydrogen-bond acceptors (Lipinski definition) is 3. The predicted octanol–water partition coefficient (Wildman–Crippen LogP) is 6.76. The summed E-state index contributed by atoms with van der Waals surface area (Å²) in [6.07, 6.45) is -2.56. The van der Waals surface area contributed by atoms with Crippen LogP contribution in [-0.2, 0) is 17.4 Å². The van der Waals surface area contributed by atoms with Crippen molar-refractivity contribution in [3.63, 3.8) is 0 Å². The van der Waals surface area contributed by atoms with Crippen LogP contribution in [0, 0.1) is 11.3 Å². The van der Waals surface area contributed by atoms with Gasteiger partial charge in [-0.15, -0.1) is 0 Å². The summed E-state index contributed by atoms with van der Waals surface area (Å²) in [5, 5.41) is 14.0. The smallest absolute Gasteiger partial charge is 0.433 e. The lowest BCUT2D eigenvalue weighted by molar-refractivity contribution is -0.147. The minimum absolute atomic E-state index is 0.117. The molecule has 11 heteroatoms. The fourth-order valence-electron chi connectivity index (χ4n) is 4.66. The number of carboxylic acid groups (broad SMARTS) is 1. The predicted molar refractivity (Wildman–Crippen MR) is 131 cm³/mol. The molecule has 1 heterocycles. The van der Waals surface area contributed by atoms with Crippen molar-refractivity contribution in [2.24, 2.45) is 11.3 Å². The minimum atomic E-state index is -4.81. The first-order chi connectivity index (χ1) is 16.7. The Labute approximate surface area is 218 Å². The maximum atomic E-state index is 14.3. The second kappa shape index (κ2) is 11.0. The largest absolute Gasteiger partial charge is 0.481 e. The zero-order valence-corrected chi connectivity index (χ0v) is 21.9. The Morgan fingerprint density at radius 3 is 2.19 bits per heavy atom. The van der Waals surface area contributed by atoms with Gasteiger partial charge < -0.3 is 10.0 Å². The first-order valence-corrected chi connectivity index (χ1v) is 12.5. The lowest BCUT2D eigenvalue weighted by atomic mass is 9.86. The zero-order chi connectivity index (χ0) is 26.8. The number of carbonyl (C=O) groups is 2. The van der Waals surface area contributed by atoms with Gasteiger partial charge in [0.25, 0.3) is 5.91 Å². The molecular weight excluding hydrogens is 518 g/mol. The van der Waals surface area contributed by atoms with Crippen molar-refractivity contribution < 1.29 is 27.9 Å². The Balaban J connectivity index is 1.92. The normalized spacial score (nSPS) is 18.8. The number of hydrogen-bond donors (Lipinski definition) is 1. The molecule has 0 spiro atoms. The molecule has 0 aliphatic heterocycles. The van der Waals surface area contributed by atoms with Crippen LogP contribution in [0.4, 0.5) is 13.2 Å². The van der Waals surface area contributed by atoms with Gasteiger partial charge in [0.05, 0.1) is 23.7 Å². The summed E-state index contributed by atoms with van der Waals surface area (Å²) in [6.45, 7) is 6.01. The molecule has 1 aliphatic rings. The highest BCUT2D eigenvalue weighted by Crippen LogP contribution is 2.39. The van der Waals surface area contributed by atoms with Crippen LogP contribution in [0.5, 0.6) is 0 Å². The maximum absolute atomic E-state index is 14.3. The summed E-state index contributed by atoms with van der Waals surface area (Å²) in [6, 6.07) is 4.41. The number of carbonyl (C=O) groups excluding carboxylic acids is 1. The number of nitrogens with zero attached hydrogens (tertiary/aromatic N) is 3. The van der Waals surface area contributed by atoms with Crippen LogP contribution < -0.4 is 0 Å². The SMILES string of the molecule is CC(C)(C)CN(CCc1c(Cl)cccc1Cl)C(=O)c1cnn(C2CCC(C(=O)O)CC2)c1C(F)(F)F. The van der Waals surface area contributed by atoms with E-state index in [-0.39, 0.29) is 50.6 Å². The summed E-state index contributed by atoms with van der Waals surface area (Å²) in [4.78, 5) is 26.2. The molecule has 2 aromatic rings. The quantitative estimate of drug-likeness (QED) is 0.415. The third kappa shape index (κ3) is 6.73. The van der Waals surface area contributed by atoms with Gasteiger partial charge >= 0.3 is 12.1 Å². The van der Waals surface area contributed by atoms with Gasteiger partial charge in [-0.05, 0) is 55.2 Å². The van der Waals surface area contributed by atoms with Crippen molar-refractivity contribution in [2.75, 3.05) is 13.1 Å². The second-order valence-electron chi connectivity index (χ2n) is 10.4. The summed E-state index contributed by atoms with van der Waals surface area (Å²) in [7, 11) is 0. The number of amides is 1. The van der Waals surface area contributed by atoms with E-state index in [1.54, 1.807) is 18.2 Å². The molecule has 0 unspecified atom stereocenters. The average Bonchev–Trinajstić information content (AvgIpc) is 3.22. The Kier molecular flexibility index (Phi) is 8.66. The van der Waals surface area contributed by atoms with E-state index in [1.165, 1.54) is 4.90 Å². The van der Waals surface area contributed by atoms with Crippen molar-refractivity contribution in [3.8, 4) is 0 Å². The Bertz CT molecular complexity index is 1080. The standard InChI is InChI=1S/C25H30Cl2F3N3O3/c1-24(2,3)14-32(12-11-17-19(26)5-4-6-20(17)27)22(34)18-13-31-33(21(18)25(28,29)30)16-9-7-15(8-10-16)23(35)36/h4-6,13,15-16H,7-12,14H2,1-3H3,(H,35,36). The van der Waals surface area contributed by atoms with E-state index in [4.69, 9.17) is 23.2 Å². The molecule has 1 aromatic heterocycles. The first-order valence-electron chi connectivity index (χ1n) is 11.8. The molecule has 198 valence electrons. The van der Waals surface area contributed by atoms with Gasteiger partial charge in [0, 0.05) is 23.1 Å². The molecule has 1 saturated carbocycles. The van der Waals surface area contributed by atoms with Crippen LogP contribution >= 0.6 is 23.2 Å². The van der Waals surface area contributed by atoms with Crippen LogP contribution in [0.3, 0.4) is 0 Å². The van der Waals surface area contributed by atoms with Crippen molar-refractivity contribution >= 4 is 35.1 Å². The number of rotatable bonds is 7. The van der Waals surface area contributed by atoms with Crippen molar-refractivity contribution in [1.29, 1.82) is 0 Å². The molecule has 0 atom stereocenters. The summed E-state index contributed by atoms with van der Waals surface area (Å²) >= 11 is 12.5. The van der Waals surface area contributed by atoms with Crippen LogP contribution in [-0.4, -0.2) is 44.8 Å². The highest BCUT2D eigenvalue weighted by Gasteiger charge is 2.43. The van der Waals surface area contributed by atoms with Crippen LogP contribution in [0.2, 0.25) is 10.0 Å². The Morgan fingerprint density at radius 2 is 1.69 bits per heavy atom. The van der Waals surface area contributed by atoms with Crippen molar-refractivity contribution in [3.05, 3.63) is 51.3 Å². The van der Waals surface area contributed by atoms with Gasteiger partial charge in [-0.2, -0.15) is 18.3 Å². The van der Waals surface area contributed by atoms with Crippen molar-refractivity contribution in [1.82, 2.24) is 14.7 Å².